The number of hydrogen-bond acceptors (Lipinski definition) is 7. The minimum atomic E-state index is -0.592. The summed E-state index contributed by atoms with van der Waals surface area (Å²) in [7, 11) is 0. The van der Waals surface area contributed by atoms with E-state index < -0.39 is 6.04 Å². The molecule has 4 rings (SSSR count). The Morgan fingerprint density at radius 3 is 2.82 bits per heavy atom. The number of benzene rings is 1. The number of esters is 1. The fraction of sp³-hybridized carbons (Fsp3) is 0.520. The average molecular weight is 487 g/mol. The van der Waals surface area contributed by atoms with Gasteiger partial charge in [-0.1, -0.05) is 23.4 Å². The molecule has 0 amide bonds. The summed E-state index contributed by atoms with van der Waals surface area (Å²) in [4.78, 5) is 26.9. The molecule has 2 atom stereocenters. The quantitative estimate of drug-likeness (QED) is 0.406. The van der Waals surface area contributed by atoms with Crippen LogP contribution in [0, 0.1) is 11.7 Å². The van der Waals surface area contributed by atoms with E-state index in [1.165, 1.54) is 6.07 Å². The van der Waals surface area contributed by atoms with Gasteiger partial charge in [0.15, 0.2) is 5.78 Å². The first-order valence-electron chi connectivity index (χ1n) is 11.9. The number of ether oxygens (including phenoxy) is 1. The molecule has 34 heavy (non-hydrogen) atoms. The van der Waals surface area contributed by atoms with Gasteiger partial charge < -0.3 is 4.74 Å². The van der Waals surface area contributed by atoms with Crippen LogP contribution in [0.3, 0.4) is 0 Å². The van der Waals surface area contributed by atoms with Gasteiger partial charge in [0.1, 0.15) is 5.82 Å². The van der Waals surface area contributed by atoms with Gasteiger partial charge in [-0.2, -0.15) is 12.6 Å². The van der Waals surface area contributed by atoms with Crippen molar-refractivity contribution in [1.29, 1.82) is 0 Å². The number of halogens is 1. The summed E-state index contributed by atoms with van der Waals surface area (Å²) in [6.07, 6.45) is 7.12. The Labute approximate surface area is 204 Å². The van der Waals surface area contributed by atoms with Crippen LogP contribution in [0.15, 0.2) is 36.0 Å². The number of aromatic nitrogens is 3. The van der Waals surface area contributed by atoms with Gasteiger partial charge in [-0.05, 0) is 50.3 Å². The van der Waals surface area contributed by atoms with Gasteiger partial charge in [0.2, 0.25) is 0 Å². The highest BCUT2D eigenvalue weighted by Gasteiger charge is 2.40. The second-order valence-corrected chi connectivity index (χ2v) is 9.51. The SMILES string of the molecule is CCOC(=O)CCCn1nncc1/C=C1\CN(C(C(=O)C2CC2)c2ccccc2F)CCC1S. The van der Waals surface area contributed by atoms with Crippen LogP contribution in [0.25, 0.3) is 6.08 Å². The van der Waals surface area contributed by atoms with E-state index in [1.807, 2.05) is 6.08 Å². The molecule has 7 nitrogen and oxygen atoms in total. The lowest BCUT2D eigenvalue weighted by atomic mass is 9.93. The fourth-order valence-electron chi connectivity index (χ4n) is 4.42. The number of Topliss-reactive ketones (excluding diaryl/α,β-unsaturated/α-hetero) is 1. The lowest BCUT2D eigenvalue weighted by molar-refractivity contribution is -0.143. The van der Waals surface area contributed by atoms with Crippen LogP contribution >= 0.6 is 12.6 Å². The van der Waals surface area contributed by atoms with Crippen molar-refractivity contribution >= 4 is 30.5 Å². The molecule has 1 aliphatic carbocycles. The Bertz CT molecular complexity index is 1050. The molecule has 0 spiro atoms. The second-order valence-electron chi connectivity index (χ2n) is 8.89. The molecule has 9 heteroatoms. The van der Waals surface area contributed by atoms with E-state index in [2.05, 4.69) is 15.2 Å². The first-order valence-corrected chi connectivity index (χ1v) is 12.4. The van der Waals surface area contributed by atoms with E-state index in [1.54, 1.807) is 36.0 Å². The maximum Gasteiger partial charge on any atom is 0.305 e. The summed E-state index contributed by atoms with van der Waals surface area (Å²) in [5.41, 5.74) is 2.30. The average Bonchev–Trinajstić information content (AvgIpc) is 3.58. The van der Waals surface area contributed by atoms with Crippen LogP contribution in [0.4, 0.5) is 4.39 Å². The van der Waals surface area contributed by atoms with Crippen LogP contribution in [-0.2, 0) is 20.9 Å². The lowest BCUT2D eigenvalue weighted by Gasteiger charge is -2.37. The van der Waals surface area contributed by atoms with E-state index in [0.29, 0.717) is 44.6 Å². The number of carbonyl (C=O) groups is 2. The maximum atomic E-state index is 14.7. The van der Waals surface area contributed by atoms with Crippen molar-refractivity contribution in [2.45, 2.75) is 56.9 Å². The Hall–Kier alpha value is -2.52. The van der Waals surface area contributed by atoms with Crippen molar-refractivity contribution in [3.63, 3.8) is 0 Å². The number of thiol groups is 1. The van der Waals surface area contributed by atoms with Crippen LogP contribution in [0.1, 0.15) is 56.3 Å². The second kappa shape index (κ2) is 11.3. The first-order chi connectivity index (χ1) is 16.5. The standard InChI is InChI=1S/C25H31FN4O3S/c1-2-33-23(31)8-5-12-30-19(15-27-28-30)14-18-16-29(13-11-22(18)34)24(25(32)17-9-10-17)20-6-3-4-7-21(20)26/h3-4,6-7,14-15,17,22,24,34H,2,5,8-13,16H2,1H3/b18-14+. The summed E-state index contributed by atoms with van der Waals surface area (Å²) >= 11 is 4.78. The van der Waals surface area contributed by atoms with Crippen molar-refractivity contribution in [1.82, 2.24) is 19.9 Å². The number of likely N-dealkylation sites (tertiary alicyclic amines) is 1. The maximum absolute atomic E-state index is 14.7. The Morgan fingerprint density at radius 1 is 1.29 bits per heavy atom. The van der Waals surface area contributed by atoms with Gasteiger partial charge in [0.05, 0.1) is 24.5 Å². The molecule has 0 N–H and O–H groups in total. The molecule has 1 saturated heterocycles. The minimum absolute atomic E-state index is 0.0239. The highest BCUT2D eigenvalue weighted by Crippen LogP contribution is 2.39. The summed E-state index contributed by atoms with van der Waals surface area (Å²) < 4.78 is 21.5. The van der Waals surface area contributed by atoms with Gasteiger partial charge in [-0.15, -0.1) is 5.10 Å². The number of hydrogen-bond donors (Lipinski definition) is 1. The third-order valence-corrected chi connectivity index (χ3v) is 6.94. The zero-order chi connectivity index (χ0) is 24.1. The highest BCUT2D eigenvalue weighted by atomic mass is 32.1. The Morgan fingerprint density at radius 2 is 2.09 bits per heavy atom. The van der Waals surface area contributed by atoms with Crippen LogP contribution in [0.2, 0.25) is 0 Å². The van der Waals surface area contributed by atoms with Crippen molar-refractivity contribution in [2.24, 2.45) is 5.92 Å². The highest BCUT2D eigenvalue weighted by molar-refractivity contribution is 7.81. The molecule has 1 aromatic heterocycles. The molecule has 1 aliphatic heterocycles. The number of ketones is 1. The number of aryl methyl sites for hydroxylation is 1. The number of rotatable bonds is 10. The van der Waals surface area contributed by atoms with Crippen molar-refractivity contribution in [3.8, 4) is 0 Å². The number of carbonyl (C=O) groups excluding carboxylic acids is 2. The Kier molecular flexibility index (Phi) is 8.15. The monoisotopic (exact) mass is 486 g/mol. The van der Waals surface area contributed by atoms with Crippen molar-refractivity contribution in [2.75, 3.05) is 19.7 Å². The largest absolute Gasteiger partial charge is 0.466 e. The van der Waals surface area contributed by atoms with Gasteiger partial charge in [0.25, 0.3) is 0 Å². The van der Waals surface area contributed by atoms with Crippen LogP contribution in [0.5, 0.6) is 0 Å². The summed E-state index contributed by atoms with van der Waals surface area (Å²) in [5.74, 6) is -0.437. The molecule has 182 valence electrons. The van der Waals surface area contributed by atoms with E-state index in [0.717, 1.165) is 30.5 Å². The Balaban J connectivity index is 1.52. The molecule has 2 fully saturated rings. The van der Waals surface area contributed by atoms with E-state index in [4.69, 9.17) is 17.4 Å². The predicted octanol–water partition coefficient (Wildman–Crippen LogP) is 3.87. The molecule has 1 saturated carbocycles. The van der Waals surface area contributed by atoms with E-state index in [-0.39, 0.29) is 28.7 Å². The van der Waals surface area contributed by atoms with E-state index >= 15 is 0 Å². The number of piperidine rings is 1. The summed E-state index contributed by atoms with van der Waals surface area (Å²) in [6.45, 7) is 3.88. The smallest absolute Gasteiger partial charge is 0.305 e. The zero-order valence-electron chi connectivity index (χ0n) is 19.4. The minimum Gasteiger partial charge on any atom is -0.466 e. The lowest BCUT2D eigenvalue weighted by Crippen LogP contribution is -2.42. The van der Waals surface area contributed by atoms with Crippen LogP contribution in [-0.4, -0.2) is 56.6 Å². The van der Waals surface area contributed by atoms with E-state index in [9.17, 15) is 14.0 Å². The normalized spacial score (nSPS) is 20.9. The van der Waals surface area contributed by atoms with Gasteiger partial charge >= 0.3 is 5.97 Å². The molecule has 2 aromatic rings. The molecule has 2 aliphatic rings. The van der Waals surface area contributed by atoms with Crippen molar-refractivity contribution < 1.29 is 18.7 Å². The van der Waals surface area contributed by atoms with Crippen LogP contribution < -0.4 is 0 Å². The molecule has 2 heterocycles. The zero-order valence-corrected chi connectivity index (χ0v) is 20.3. The predicted molar refractivity (Wildman–Crippen MR) is 130 cm³/mol. The molecule has 0 radical (unpaired) electrons. The summed E-state index contributed by atoms with van der Waals surface area (Å²) in [5, 5.41) is 8.20. The molecule has 0 bridgehead atoms. The fourth-order valence-corrected chi connectivity index (χ4v) is 4.69. The third-order valence-electron chi connectivity index (χ3n) is 6.35. The molecular formula is C25H31FN4O3S. The van der Waals surface area contributed by atoms with Crippen molar-refractivity contribution in [3.05, 3.63) is 53.1 Å². The topological polar surface area (TPSA) is 77.3 Å². The molecule has 2 unspecified atom stereocenters. The first kappa shape index (κ1) is 24.6. The third kappa shape index (κ3) is 5.93. The van der Waals surface area contributed by atoms with Gasteiger partial charge in [0, 0.05) is 42.8 Å². The van der Waals surface area contributed by atoms with Gasteiger partial charge in [-0.25, -0.2) is 9.07 Å². The van der Waals surface area contributed by atoms with Gasteiger partial charge in [-0.3, -0.25) is 14.5 Å². The molecular weight excluding hydrogens is 455 g/mol. The number of nitrogens with zero attached hydrogens (tertiary/aromatic N) is 4. The molecule has 1 aromatic carbocycles. The summed E-state index contributed by atoms with van der Waals surface area (Å²) in [6, 6.07) is 5.99.